The first-order valence-electron chi connectivity index (χ1n) is 3.47. The van der Waals surface area contributed by atoms with Crippen LogP contribution in [0.4, 0.5) is 0 Å². The largest absolute Gasteiger partial charge is 0.0914 e. The van der Waals surface area contributed by atoms with Crippen LogP contribution >= 0.6 is 0 Å². The van der Waals surface area contributed by atoms with Gasteiger partial charge >= 0.3 is 0 Å². The second kappa shape index (κ2) is 2.34. The van der Waals surface area contributed by atoms with Crippen LogP contribution in [0.1, 0.15) is 26.7 Å². The van der Waals surface area contributed by atoms with E-state index < -0.39 is 0 Å². The molecule has 1 fully saturated rings. The van der Waals surface area contributed by atoms with E-state index >= 15 is 0 Å². The Morgan fingerprint density at radius 1 is 1.38 bits per heavy atom. The summed E-state index contributed by atoms with van der Waals surface area (Å²) in [6.07, 6.45) is 7.36. The Morgan fingerprint density at radius 3 is 2.25 bits per heavy atom. The van der Waals surface area contributed by atoms with Crippen LogP contribution in [0.15, 0.2) is 12.2 Å². The first-order chi connectivity index (χ1) is 3.84. The smallest absolute Gasteiger partial charge is 0.0208 e. The van der Waals surface area contributed by atoms with Gasteiger partial charge in [0.05, 0.1) is 0 Å². The molecule has 0 nitrogen and oxygen atoms in total. The molecule has 0 aromatic heterocycles. The van der Waals surface area contributed by atoms with Crippen molar-refractivity contribution < 1.29 is 0 Å². The van der Waals surface area contributed by atoms with E-state index in [1.165, 1.54) is 12.8 Å². The van der Waals surface area contributed by atoms with E-state index in [4.69, 9.17) is 0 Å². The van der Waals surface area contributed by atoms with Gasteiger partial charge in [-0.15, -0.1) is 0 Å². The third-order valence-corrected chi connectivity index (χ3v) is 2.13. The Kier molecular flexibility index (Phi) is 1.72. The van der Waals surface area contributed by atoms with E-state index in [0.29, 0.717) is 0 Å². The maximum Gasteiger partial charge on any atom is -0.0208 e. The fourth-order valence-electron chi connectivity index (χ4n) is 1.23. The molecule has 1 saturated carbocycles. The van der Waals surface area contributed by atoms with Crippen LogP contribution in [0, 0.1) is 11.8 Å². The average molecular weight is 110 g/mol. The third kappa shape index (κ3) is 0.936. The van der Waals surface area contributed by atoms with E-state index in [0.717, 1.165) is 11.8 Å². The number of hydrogen-bond acceptors (Lipinski definition) is 0. The molecule has 8 heavy (non-hydrogen) atoms. The first-order valence-corrected chi connectivity index (χ1v) is 3.47. The summed E-state index contributed by atoms with van der Waals surface area (Å²) in [4.78, 5) is 0. The number of hydrogen-bond donors (Lipinski definition) is 0. The molecule has 0 heteroatoms. The summed E-state index contributed by atoms with van der Waals surface area (Å²) in [5.41, 5.74) is 0. The van der Waals surface area contributed by atoms with Gasteiger partial charge in [-0.05, 0) is 31.6 Å². The molecule has 1 rings (SSSR count). The minimum absolute atomic E-state index is 0.917. The minimum atomic E-state index is 0.917. The zero-order valence-corrected chi connectivity index (χ0v) is 5.72. The van der Waals surface area contributed by atoms with Gasteiger partial charge in [0.25, 0.3) is 0 Å². The van der Waals surface area contributed by atoms with Crippen LogP contribution in [0.25, 0.3) is 0 Å². The normalized spacial score (nSPS) is 37.8. The predicted molar refractivity (Wildman–Crippen MR) is 36.7 cm³/mol. The molecule has 0 unspecified atom stereocenters. The fourth-order valence-corrected chi connectivity index (χ4v) is 1.23. The molecule has 1 aliphatic rings. The van der Waals surface area contributed by atoms with Gasteiger partial charge in [-0.2, -0.15) is 0 Å². The summed E-state index contributed by atoms with van der Waals surface area (Å²) < 4.78 is 0. The Bertz CT molecular complexity index is 92.2. The highest BCUT2D eigenvalue weighted by atomic mass is 14.3. The van der Waals surface area contributed by atoms with Crippen molar-refractivity contribution in [3.8, 4) is 0 Å². The lowest BCUT2D eigenvalue weighted by atomic mass is 9.75. The molecular weight excluding hydrogens is 96.1 g/mol. The van der Waals surface area contributed by atoms with Gasteiger partial charge in [0.15, 0.2) is 0 Å². The van der Waals surface area contributed by atoms with Gasteiger partial charge in [0.2, 0.25) is 0 Å². The molecule has 0 amide bonds. The molecular formula is C8H14. The second-order valence-corrected chi connectivity index (χ2v) is 2.74. The minimum Gasteiger partial charge on any atom is -0.0914 e. The molecule has 0 heterocycles. The summed E-state index contributed by atoms with van der Waals surface area (Å²) in [6.45, 7) is 4.43. The Hall–Kier alpha value is -0.260. The topological polar surface area (TPSA) is 0 Å². The molecule has 0 saturated heterocycles. The molecule has 0 aromatic rings. The summed E-state index contributed by atoms with van der Waals surface area (Å²) in [5, 5.41) is 0. The van der Waals surface area contributed by atoms with E-state index in [2.05, 4.69) is 26.0 Å². The lowest BCUT2D eigenvalue weighted by Crippen LogP contribution is -2.20. The van der Waals surface area contributed by atoms with Crippen molar-refractivity contribution in [2.24, 2.45) is 11.8 Å². The zero-order valence-electron chi connectivity index (χ0n) is 5.72. The van der Waals surface area contributed by atoms with E-state index in [-0.39, 0.29) is 0 Å². The maximum absolute atomic E-state index is 2.33. The summed E-state index contributed by atoms with van der Waals surface area (Å²) >= 11 is 0. The Balaban J connectivity index is 2.27. The highest BCUT2D eigenvalue weighted by Gasteiger charge is 2.23. The van der Waals surface area contributed by atoms with Crippen molar-refractivity contribution in [3.05, 3.63) is 12.2 Å². The number of allylic oxidation sites excluding steroid dienone is 2. The summed E-state index contributed by atoms with van der Waals surface area (Å²) in [5.74, 6) is 1.88. The highest BCUT2D eigenvalue weighted by molar-refractivity contribution is 4.93. The molecule has 0 N–H and O–H groups in total. The van der Waals surface area contributed by atoms with Crippen molar-refractivity contribution in [1.82, 2.24) is 0 Å². The lowest BCUT2D eigenvalue weighted by molar-refractivity contribution is 0.251. The number of rotatable bonds is 1. The van der Waals surface area contributed by atoms with Gasteiger partial charge < -0.3 is 0 Å². The van der Waals surface area contributed by atoms with Crippen LogP contribution in [0.5, 0.6) is 0 Å². The molecule has 2 atom stereocenters. The van der Waals surface area contributed by atoms with Gasteiger partial charge in [0.1, 0.15) is 0 Å². The third-order valence-electron chi connectivity index (χ3n) is 2.13. The van der Waals surface area contributed by atoms with Gasteiger partial charge in [-0.3, -0.25) is 0 Å². The molecule has 1 aliphatic carbocycles. The van der Waals surface area contributed by atoms with Crippen molar-refractivity contribution in [3.63, 3.8) is 0 Å². The summed E-state index contributed by atoms with van der Waals surface area (Å²) in [7, 11) is 0. The average Bonchev–Trinajstić information content (AvgIpc) is 1.79. The highest BCUT2D eigenvalue weighted by Crippen LogP contribution is 2.34. The molecule has 0 aromatic carbocycles. The van der Waals surface area contributed by atoms with Crippen LogP contribution < -0.4 is 0 Å². The van der Waals surface area contributed by atoms with Crippen LogP contribution in [0.3, 0.4) is 0 Å². The molecule has 0 aliphatic heterocycles. The molecule has 46 valence electrons. The predicted octanol–water partition coefficient (Wildman–Crippen LogP) is 2.61. The Labute approximate surface area is 51.6 Å². The van der Waals surface area contributed by atoms with Crippen LogP contribution in [-0.2, 0) is 0 Å². The fraction of sp³-hybridized carbons (Fsp3) is 0.750. The first kappa shape index (κ1) is 5.87. The standard InChI is InChI=1S/C8H14/c1-3-4-8-6-5-7(8)2/h3-4,7-8H,5-6H2,1-2H3/b4-3+/t7-,8+/m0/s1. The van der Waals surface area contributed by atoms with Crippen LogP contribution in [-0.4, -0.2) is 0 Å². The van der Waals surface area contributed by atoms with E-state index in [9.17, 15) is 0 Å². The van der Waals surface area contributed by atoms with Crippen LogP contribution in [0.2, 0.25) is 0 Å². The monoisotopic (exact) mass is 110 g/mol. The molecule has 0 radical (unpaired) electrons. The van der Waals surface area contributed by atoms with Gasteiger partial charge in [-0.25, -0.2) is 0 Å². The molecule has 0 spiro atoms. The quantitative estimate of drug-likeness (QED) is 0.455. The maximum atomic E-state index is 2.33. The van der Waals surface area contributed by atoms with Gasteiger partial charge in [0, 0.05) is 0 Å². The van der Waals surface area contributed by atoms with Gasteiger partial charge in [-0.1, -0.05) is 19.1 Å². The lowest BCUT2D eigenvalue weighted by Gasteiger charge is -2.30. The van der Waals surface area contributed by atoms with Crippen molar-refractivity contribution in [2.75, 3.05) is 0 Å². The van der Waals surface area contributed by atoms with Crippen molar-refractivity contribution >= 4 is 0 Å². The SMILES string of the molecule is C/C=C/[C@@H]1CC[C@@H]1C. The second-order valence-electron chi connectivity index (χ2n) is 2.74. The summed E-state index contributed by atoms with van der Waals surface area (Å²) in [6, 6.07) is 0. The Morgan fingerprint density at radius 2 is 2.12 bits per heavy atom. The van der Waals surface area contributed by atoms with Crippen molar-refractivity contribution in [1.29, 1.82) is 0 Å². The zero-order chi connectivity index (χ0) is 5.98. The molecule has 0 bridgehead atoms. The van der Waals surface area contributed by atoms with Crippen molar-refractivity contribution in [2.45, 2.75) is 26.7 Å². The van der Waals surface area contributed by atoms with E-state index in [1.807, 2.05) is 0 Å². The van der Waals surface area contributed by atoms with E-state index in [1.54, 1.807) is 0 Å².